The van der Waals surface area contributed by atoms with Gasteiger partial charge in [0, 0.05) is 31.2 Å². The van der Waals surface area contributed by atoms with Crippen LogP contribution >= 0.6 is 0 Å². The Hall–Kier alpha value is -2.33. The number of carboxylic acids is 1. The number of hydrogen-bond acceptors (Lipinski definition) is 3. The number of carboxylic acid groups (broad SMARTS) is 1. The lowest BCUT2D eigenvalue weighted by atomic mass is 9.78. The zero-order valence-electron chi connectivity index (χ0n) is 14.0. The lowest BCUT2D eigenvalue weighted by molar-refractivity contribution is -0.146. The predicted octanol–water partition coefficient (Wildman–Crippen LogP) is 3.46. The molecule has 1 aliphatic rings. The Kier molecular flexibility index (Phi) is 4.86. The van der Waals surface area contributed by atoms with Crippen molar-refractivity contribution in [3.63, 3.8) is 0 Å². The normalized spacial score (nSPS) is 24.5. The van der Waals surface area contributed by atoms with Gasteiger partial charge in [0.15, 0.2) is 0 Å². The standard InChI is InChI=1S/C20H24N2O2/c1-16-14-22(15-17-8-4-2-5-9-17)13-12-20(16,19(23)24)21-18-10-6-3-7-11-18/h2-11,16,21H,12-15H2,1H3,(H,23,24). The Labute approximate surface area is 143 Å². The number of aliphatic carboxylic acids is 1. The highest BCUT2D eigenvalue weighted by molar-refractivity contribution is 5.83. The Morgan fingerprint density at radius 1 is 1.17 bits per heavy atom. The smallest absolute Gasteiger partial charge is 0.329 e. The van der Waals surface area contributed by atoms with Crippen LogP contribution in [0.1, 0.15) is 18.9 Å². The van der Waals surface area contributed by atoms with Crippen molar-refractivity contribution in [3.8, 4) is 0 Å². The molecule has 126 valence electrons. The predicted molar refractivity (Wildman–Crippen MR) is 95.9 cm³/mol. The highest BCUT2D eigenvalue weighted by Crippen LogP contribution is 2.32. The average molecular weight is 324 g/mol. The Morgan fingerprint density at radius 2 is 1.79 bits per heavy atom. The highest BCUT2D eigenvalue weighted by Gasteiger charge is 2.47. The van der Waals surface area contributed by atoms with Crippen LogP contribution in [-0.2, 0) is 11.3 Å². The third kappa shape index (κ3) is 3.44. The van der Waals surface area contributed by atoms with E-state index < -0.39 is 11.5 Å². The summed E-state index contributed by atoms with van der Waals surface area (Å²) in [7, 11) is 0. The summed E-state index contributed by atoms with van der Waals surface area (Å²) >= 11 is 0. The second kappa shape index (κ2) is 7.05. The number of nitrogens with one attached hydrogen (secondary N) is 1. The number of rotatable bonds is 5. The van der Waals surface area contributed by atoms with Crippen LogP contribution in [0.4, 0.5) is 5.69 Å². The molecule has 0 radical (unpaired) electrons. The van der Waals surface area contributed by atoms with E-state index in [1.54, 1.807) is 0 Å². The fraction of sp³-hybridized carbons (Fsp3) is 0.350. The van der Waals surface area contributed by atoms with Gasteiger partial charge in [-0.1, -0.05) is 55.5 Å². The zero-order chi connectivity index (χ0) is 17.0. The summed E-state index contributed by atoms with van der Waals surface area (Å²) in [5, 5.41) is 13.2. The van der Waals surface area contributed by atoms with Crippen LogP contribution in [0.5, 0.6) is 0 Å². The summed E-state index contributed by atoms with van der Waals surface area (Å²) in [5.74, 6) is -0.758. The van der Waals surface area contributed by atoms with E-state index in [9.17, 15) is 9.90 Å². The number of anilines is 1. The molecule has 0 saturated carbocycles. The average Bonchev–Trinajstić information content (AvgIpc) is 2.59. The largest absolute Gasteiger partial charge is 0.479 e. The van der Waals surface area contributed by atoms with Crippen molar-refractivity contribution in [1.29, 1.82) is 0 Å². The van der Waals surface area contributed by atoms with Gasteiger partial charge in [-0.2, -0.15) is 0 Å². The fourth-order valence-electron chi connectivity index (χ4n) is 3.54. The van der Waals surface area contributed by atoms with E-state index in [0.29, 0.717) is 6.42 Å². The molecular formula is C20H24N2O2. The van der Waals surface area contributed by atoms with Crippen molar-refractivity contribution < 1.29 is 9.90 Å². The molecule has 2 aromatic carbocycles. The Morgan fingerprint density at radius 3 is 2.38 bits per heavy atom. The molecule has 2 N–H and O–H groups in total. The van der Waals surface area contributed by atoms with Gasteiger partial charge >= 0.3 is 5.97 Å². The van der Waals surface area contributed by atoms with E-state index in [4.69, 9.17) is 0 Å². The van der Waals surface area contributed by atoms with Crippen LogP contribution in [0, 0.1) is 5.92 Å². The SMILES string of the molecule is CC1CN(Cc2ccccc2)CCC1(Nc1ccccc1)C(=O)O. The number of nitrogens with zero attached hydrogens (tertiary/aromatic N) is 1. The van der Waals surface area contributed by atoms with Gasteiger partial charge in [0.05, 0.1) is 0 Å². The van der Waals surface area contributed by atoms with Crippen molar-refractivity contribution in [1.82, 2.24) is 4.90 Å². The number of piperidine rings is 1. The lowest BCUT2D eigenvalue weighted by Gasteiger charge is -2.44. The van der Waals surface area contributed by atoms with E-state index in [1.807, 2.05) is 55.5 Å². The second-order valence-corrected chi connectivity index (χ2v) is 6.64. The maximum absolute atomic E-state index is 12.1. The second-order valence-electron chi connectivity index (χ2n) is 6.64. The van der Waals surface area contributed by atoms with Gasteiger partial charge in [0.25, 0.3) is 0 Å². The van der Waals surface area contributed by atoms with E-state index >= 15 is 0 Å². The zero-order valence-corrected chi connectivity index (χ0v) is 14.0. The molecule has 3 rings (SSSR count). The van der Waals surface area contributed by atoms with Gasteiger partial charge in [-0.05, 0) is 24.1 Å². The lowest BCUT2D eigenvalue weighted by Crippen LogP contribution is -2.59. The molecule has 1 heterocycles. The Bertz CT molecular complexity index is 675. The molecular weight excluding hydrogens is 300 g/mol. The number of para-hydroxylation sites is 1. The van der Waals surface area contributed by atoms with Crippen molar-refractivity contribution in [2.45, 2.75) is 25.4 Å². The summed E-state index contributed by atoms with van der Waals surface area (Å²) in [4.78, 5) is 14.4. The summed E-state index contributed by atoms with van der Waals surface area (Å²) in [6, 6.07) is 20.0. The summed E-state index contributed by atoms with van der Waals surface area (Å²) in [5.41, 5.74) is 1.22. The number of hydrogen-bond donors (Lipinski definition) is 2. The molecule has 2 atom stereocenters. The first kappa shape index (κ1) is 16.5. The highest BCUT2D eigenvalue weighted by atomic mass is 16.4. The maximum atomic E-state index is 12.1. The molecule has 0 bridgehead atoms. The Balaban J connectivity index is 1.72. The summed E-state index contributed by atoms with van der Waals surface area (Å²) < 4.78 is 0. The van der Waals surface area contributed by atoms with Crippen molar-refractivity contribution in [2.75, 3.05) is 18.4 Å². The first-order valence-electron chi connectivity index (χ1n) is 8.43. The quantitative estimate of drug-likeness (QED) is 0.884. The van der Waals surface area contributed by atoms with Crippen molar-refractivity contribution >= 4 is 11.7 Å². The molecule has 24 heavy (non-hydrogen) atoms. The van der Waals surface area contributed by atoms with Gasteiger partial charge in [-0.25, -0.2) is 4.79 Å². The molecule has 0 aliphatic carbocycles. The van der Waals surface area contributed by atoms with Gasteiger partial charge in [-0.3, -0.25) is 4.90 Å². The van der Waals surface area contributed by atoms with E-state index in [0.717, 1.165) is 25.3 Å². The van der Waals surface area contributed by atoms with Gasteiger partial charge < -0.3 is 10.4 Å². The van der Waals surface area contributed by atoms with Crippen LogP contribution in [0.15, 0.2) is 60.7 Å². The van der Waals surface area contributed by atoms with E-state index in [1.165, 1.54) is 5.56 Å². The minimum absolute atomic E-state index is 0.00710. The van der Waals surface area contributed by atoms with Crippen LogP contribution in [0.2, 0.25) is 0 Å². The van der Waals surface area contributed by atoms with E-state index in [-0.39, 0.29) is 5.92 Å². The molecule has 1 fully saturated rings. The summed E-state index contributed by atoms with van der Waals surface area (Å²) in [6.45, 7) is 4.43. The summed E-state index contributed by atoms with van der Waals surface area (Å²) in [6.07, 6.45) is 0.589. The minimum atomic E-state index is -0.908. The third-order valence-electron chi connectivity index (χ3n) is 4.97. The number of benzene rings is 2. The molecule has 4 heteroatoms. The fourth-order valence-corrected chi connectivity index (χ4v) is 3.54. The topological polar surface area (TPSA) is 52.6 Å². The molecule has 0 amide bonds. The maximum Gasteiger partial charge on any atom is 0.329 e. The molecule has 1 aliphatic heterocycles. The molecule has 0 spiro atoms. The molecule has 2 unspecified atom stereocenters. The third-order valence-corrected chi connectivity index (χ3v) is 4.97. The van der Waals surface area contributed by atoms with Crippen molar-refractivity contribution in [3.05, 3.63) is 66.2 Å². The van der Waals surface area contributed by atoms with Gasteiger partial charge in [0.1, 0.15) is 5.54 Å². The first-order chi connectivity index (χ1) is 11.6. The minimum Gasteiger partial charge on any atom is -0.479 e. The molecule has 0 aromatic heterocycles. The molecule has 2 aromatic rings. The monoisotopic (exact) mass is 324 g/mol. The first-order valence-corrected chi connectivity index (χ1v) is 8.43. The van der Waals surface area contributed by atoms with Crippen molar-refractivity contribution in [2.24, 2.45) is 5.92 Å². The van der Waals surface area contributed by atoms with E-state index in [2.05, 4.69) is 22.3 Å². The molecule has 1 saturated heterocycles. The van der Waals surface area contributed by atoms with Gasteiger partial charge in [-0.15, -0.1) is 0 Å². The van der Waals surface area contributed by atoms with Crippen LogP contribution in [-0.4, -0.2) is 34.6 Å². The molecule has 4 nitrogen and oxygen atoms in total. The van der Waals surface area contributed by atoms with Crippen LogP contribution < -0.4 is 5.32 Å². The van der Waals surface area contributed by atoms with Crippen LogP contribution in [0.3, 0.4) is 0 Å². The van der Waals surface area contributed by atoms with Gasteiger partial charge in [0.2, 0.25) is 0 Å². The number of likely N-dealkylation sites (tertiary alicyclic amines) is 1. The number of carbonyl (C=O) groups is 1. The van der Waals surface area contributed by atoms with Crippen LogP contribution in [0.25, 0.3) is 0 Å².